The van der Waals surface area contributed by atoms with Gasteiger partial charge in [-0.3, -0.25) is 0 Å². The molecule has 0 aliphatic carbocycles. The molecule has 0 aromatic heterocycles. The lowest BCUT2D eigenvalue weighted by molar-refractivity contribution is 0.427. The van der Waals surface area contributed by atoms with Crippen LogP contribution in [0.5, 0.6) is 5.75 Å². The number of benzene rings is 1. The molecular weight excluding hydrogens is 148 g/mol. The highest BCUT2D eigenvalue weighted by Gasteiger charge is 1.98. The molecule has 0 N–H and O–H groups in total. The topological polar surface area (TPSA) is 9.23 Å². The molecule has 0 saturated carbocycles. The van der Waals surface area contributed by atoms with Crippen LogP contribution in [0.3, 0.4) is 0 Å². The zero-order valence-electron chi connectivity index (χ0n) is 7.85. The Morgan fingerprint density at radius 3 is 2.50 bits per heavy atom. The van der Waals surface area contributed by atoms with E-state index >= 15 is 0 Å². The van der Waals surface area contributed by atoms with E-state index in [1.165, 1.54) is 5.56 Å². The molecular formula is C11H14O. The summed E-state index contributed by atoms with van der Waals surface area (Å²) in [6.45, 7) is 9.64. The van der Waals surface area contributed by atoms with Gasteiger partial charge in [0.2, 0.25) is 0 Å². The van der Waals surface area contributed by atoms with Crippen LogP contribution in [0.15, 0.2) is 30.5 Å². The van der Waals surface area contributed by atoms with Crippen LogP contribution < -0.4 is 4.74 Å². The van der Waals surface area contributed by atoms with Gasteiger partial charge in [0.05, 0.1) is 5.76 Å². The maximum absolute atomic E-state index is 5.41. The molecule has 1 heteroatoms. The summed E-state index contributed by atoms with van der Waals surface area (Å²) >= 11 is 0. The Balaban J connectivity index is 2.93. The van der Waals surface area contributed by atoms with Crippen LogP contribution in [0.2, 0.25) is 0 Å². The summed E-state index contributed by atoms with van der Waals surface area (Å²) in [6, 6.07) is 6.10. The van der Waals surface area contributed by atoms with Gasteiger partial charge in [-0.1, -0.05) is 24.3 Å². The van der Waals surface area contributed by atoms with E-state index in [2.05, 4.69) is 19.6 Å². The number of ether oxygens (including phenoxy) is 1. The maximum Gasteiger partial charge on any atom is 0.129 e. The van der Waals surface area contributed by atoms with Gasteiger partial charge in [-0.2, -0.15) is 0 Å². The number of allylic oxidation sites excluding steroid dienone is 1. The molecule has 0 bridgehead atoms. The molecule has 1 aromatic rings. The van der Waals surface area contributed by atoms with Crippen molar-refractivity contribution in [1.29, 1.82) is 0 Å². The van der Waals surface area contributed by atoms with Crippen molar-refractivity contribution >= 4 is 0 Å². The second-order valence-corrected chi connectivity index (χ2v) is 3.07. The van der Waals surface area contributed by atoms with Gasteiger partial charge in [-0.05, 0) is 32.4 Å². The predicted molar refractivity (Wildman–Crippen MR) is 51.4 cm³/mol. The van der Waals surface area contributed by atoms with Gasteiger partial charge in [0.1, 0.15) is 5.75 Å². The maximum atomic E-state index is 5.41. The summed E-state index contributed by atoms with van der Waals surface area (Å²) in [5, 5.41) is 0. The molecule has 0 saturated heterocycles. The Labute approximate surface area is 73.7 Å². The molecule has 1 aromatic carbocycles. The number of hydrogen-bond donors (Lipinski definition) is 0. The van der Waals surface area contributed by atoms with Crippen LogP contribution in [0.4, 0.5) is 0 Å². The summed E-state index contributed by atoms with van der Waals surface area (Å²) in [6.07, 6.45) is 0. The van der Waals surface area contributed by atoms with Gasteiger partial charge < -0.3 is 4.74 Å². The Morgan fingerprint density at radius 2 is 2.00 bits per heavy atom. The molecule has 1 nitrogen and oxygen atoms in total. The molecule has 12 heavy (non-hydrogen) atoms. The van der Waals surface area contributed by atoms with Crippen LogP contribution in [0.1, 0.15) is 18.1 Å². The summed E-state index contributed by atoms with van der Waals surface area (Å²) in [5.41, 5.74) is 2.40. The highest BCUT2D eigenvalue weighted by atomic mass is 16.5. The monoisotopic (exact) mass is 162 g/mol. The number of hydrogen-bond acceptors (Lipinski definition) is 1. The summed E-state index contributed by atoms with van der Waals surface area (Å²) in [7, 11) is 0. The number of rotatable bonds is 2. The third-order valence-corrected chi connectivity index (χ3v) is 1.61. The lowest BCUT2D eigenvalue weighted by atomic mass is 10.1. The predicted octanol–water partition coefficient (Wildman–Crippen LogP) is 3.22. The van der Waals surface area contributed by atoms with Crippen LogP contribution in [0, 0.1) is 13.8 Å². The molecule has 0 amide bonds. The Hall–Kier alpha value is -1.24. The largest absolute Gasteiger partial charge is 0.462 e. The molecule has 0 spiro atoms. The average molecular weight is 162 g/mol. The normalized spacial score (nSPS) is 9.58. The van der Waals surface area contributed by atoms with Crippen molar-refractivity contribution in [2.24, 2.45) is 0 Å². The molecule has 0 fully saturated rings. The Morgan fingerprint density at radius 1 is 1.33 bits per heavy atom. The first-order valence-corrected chi connectivity index (χ1v) is 4.00. The van der Waals surface area contributed by atoms with Crippen molar-refractivity contribution < 1.29 is 4.74 Å². The van der Waals surface area contributed by atoms with E-state index in [9.17, 15) is 0 Å². The quantitative estimate of drug-likeness (QED) is 0.607. The fraction of sp³-hybridized carbons (Fsp3) is 0.273. The van der Waals surface area contributed by atoms with Crippen molar-refractivity contribution in [2.45, 2.75) is 20.8 Å². The number of aryl methyl sites for hydroxylation is 2. The van der Waals surface area contributed by atoms with Gasteiger partial charge in [-0.25, -0.2) is 0 Å². The Bertz CT molecular complexity index is 300. The second-order valence-electron chi connectivity index (χ2n) is 3.07. The first-order valence-electron chi connectivity index (χ1n) is 4.00. The van der Waals surface area contributed by atoms with Crippen molar-refractivity contribution in [3.8, 4) is 5.75 Å². The minimum absolute atomic E-state index is 0.724. The molecule has 1 rings (SSSR count). The molecule has 64 valence electrons. The smallest absolute Gasteiger partial charge is 0.129 e. The van der Waals surface area contributed by atoms with Gasteiger partial charge in [-0.15, -0.1) is 0 Å². The minimum Gasteiger partial charge on any atom is -0.462 e. The molecule has 0 heterocycles. The van der Waals surface area contributed by atoms with Crippen molar-refractivity contribution in [3.05, 3.63) is 41.7 Å². The molecule has 0 unspecified atom stereocenters. The zero-order chi connectivity index (χ0) is 9.14. The summed E-state index contributed by atoms with van der Waals surface area (Å²) < 4.78 is 5.41. The Kier molecular flexibility index (Phi) is 2.54. The van der Waals surface area contributed by atoms with Crippen molar-refractivity contribution in [1.82, 2.24) is 0 Å². The highest BCUT2D eigenvalue weighted by Crippen LogP contribution is 2.20. The zero-order valence-corrected chi connectivity index (χ0v) is 7.85. The fourth-order valence-corrected chi connectivity index (χ4v) is 1.10. The fourth-order valence-electron chi connectivity index (χ4n) is 1.10. The van der Waals surface area contributed by atoms with Crippen LogP contribution >= 0.6 is 0 Å². The third kappa shape index (κ3) is 2.12. The van der Waals surface area contributed by atoms with Crippen molar-refractivity contribution in [3.63, 3.8) is 0 Å². The molecule has 0 aliphatic rings. The minimum atomic E-state index is 0.724. The van der Waals surface area contributed by atoms with E-state index in [1.807, 2.05) is 26.0 Å². The summed E-state index contributed by atoms with van der Waals surface area (Å²) in [4.78, 5) is 0. The van der Waals surface area contributed by atoms with Gasteiger partial charge in [0.25, 0.3) is 0 Å². The van der Waals surface area contributed by atoms with Crippen LogP contribution in [-0.4, -0.2) is 0 Å². The van der Waals surface area contributed by atoms with Gasteiger partial charge in [0, 0.05) is 0 Å². The third-order valence-electron chi connectivity index (χ3n) is 1.61. The lowest BCUT2D eigenvalue weighted by Gasteiger charge is -2.07. The van der Waals surface area contributed by atoms with Crippen LogP contribution in [-0.2, 0) is 0 Å². The van der Waals surface area contributed by atoms with E-state index in [-0.39, 0.29) is 0 Å². The molecule has 0 atom stereocenters. The SMILES string of the molecule is C=C(C)Oc1ccc(C)cc1C. The standard InChI is InChI=1S/C11H14O/c1-8(2)12-11-6-5-9(3)7-10(11)4/h5-7H,1H2,2-4H3. The average Bonchev–Trinajstić information content (AvgIpc) is 1.94. The van der Waals surface area contributed by atoms with Crippen molar-refractivity contribution in [2.75, 3.05) is 0 Å². The van der Waals surface area contributed by atoms with E-state index in [1.54, 1.807) is 0 Å². The highest BCUT2D eigenvalue weighted by molar-refractivity contribution is 5.36. The summed E-state index contributed by atoms with van der Waals surface area (Å²) in [5.74, 6) is 1.62. The first kappa shape index (κ1) is 8.85. The van der Waals surface area contributed by atoms with Gasteiger partial charge >= 0.3 is 0 Å². The van der Waals surface area contributed by atoms with E-state index in [4.69, 9.17) is 4.74 Å². The second kappa shape index (κ2) is 3.44. The van der Waals surface area contributed by atoms with E-state index in [0.717, 1.165) is 17.1 Å². The lowest BCUT2D eigenvalue weighted by Crippen LogP contribution is -1.91. The van der Waals surface area contributed by atoms with Crippen LogP contribution in [0.25, 0.3) is 0 Å². The van der Waals surface area contributed by atoms with Gasteiger partial charge in [0.15, 0.2) is 0 Å². The first-order chi connectivity index (χ1) is 5.59. The van der Waals surface area contributed by atoms with E-state index < -0.39 is 0 Å². The van der Waals surface area contributed by atoms with E-state index in [0.29, 0.717) is 0 Å². The molecule has 0 aliphatic heterocycles. The molecule has 0 radical (unpaired) electrons.